The quantitative estimate of drug-likeness (QED) is 0.679. The maximum absolute atomic E-state index is 12.6. The number of hydrogen-bond donors (Lipinski definition) is 3. The van der Waals surface area contributed by atoms with E-state index in [0.29, 0.717) is 17.9 Å². The first-order valence-electron chi connectivity index (χ1n) is 7.02. The van der Waals surface area contributed by atoms with Crippen molar-refractivity contribution in [1.29, 1.82) is 0 Å². The minimum absolute atomic E-state index is 0.00685. The molecule has 1 rings (SSSR count). The molecule has 0 fully saturated rings. The first-order chi connectivity index (χ1) is 9.83. The van der Waals surface area contributed by atoms with Gasteiger partial charge in [-0.3, -0.25) is 0 Å². The highest BCUT2D eigenvalue weighted by Crippen LogP contribution is 2.40. The lowest BCUT2D eigenvalue weighted by atomic mass is 10.1. The van der Waals surface area contributed by atoms with Crippen molar-refractivity contribution in [2.24, 2.45) is 5.92 Å². The van der Waals surface area contributed by atoms with Crippen LogP contribution in [0.5, 0.6) is 5.75 Å². The van der Waals surface area contributed by atoms with Crippen LogP contribution in [0.2, 0.25) is 0 Å². The zero-order valence-electron chi connectivity index (χ0n) is 13.8. The monoisotopic (exact) mass is 349 g/mol. The Hall–Kier alpha value is -0.605. The van der Waals surface area contributed by atoms with Crippen LogP contribution < -0.4 is 9.38 Å². The zero-order chi connectivity index (χ0) is 17.3. The topological polar surface area (TPSA) is 95.9 Å². The van der Waals surface area contributed by atoms with E-state index in [9.17, 15) is 8.42 Å². The Balaban J connectivity index is 3.38. The maximum atomic E-state index is 12.6. The summed E-state index contributed by atoms with van der Waals surface area (Å²) in [6.45, 7) is 11.0. The van der Waals surface area contributed by atoms with Crippen molar-refractivity contribution in [3.63, 3.8) is 0 Å². The van der Waals surface area contributed by atoms with E-state index in [1.54, 1.807) is 27.7 Å². The molecule has 0 saturated heterocycles. The van der Waals surface area contributed by atoms with E-state index in [2.05, 4.69) is 4.72 Å². The fraction of sp³-hybridized carbons (Fsp3) is 0.692. The molecule has 0 saturated carbocycles. The van der Waals surface area contributed by atoms with Crippen LogP contribution in [0.1, 0.15) is 45.1 Å². The highest BCUT2D eigenvalue weighted by atomic mass is 32.2. The molecular formula is C13H24BNO5S2. The Morgan fingerprint density at radius 3 is 2.27 bits per heavy atom. The normalized spacial score (nSPS) is 12.8. The highest BCUT2D eigenvalue weighted by molar-refractivity contribution is 7.91. The minimum Gasteiger partial charge on any atom is -0.510 e. The van der Waals surface area contributed by atoms with Gasteiger partial charge >= 0.3 is 7.32 Å². The third-order valence-electron chi connectivity index (χ3n) is 2.66. The molecule has 6 nitrogen and oxygen atoms in total. The molecule has 0 atom stereocenters. The van der Waals surface area contributed by atoms with Gasteiger partial charge in [0.2, 0.25) is 0 Å². The first kappa shape index (κ1) is 19.4. The van der Waals surface area contributed by atoms with Gasteiger partial charge in [0, 0.05) is 16.0 Å². The molecule has 0 aromatic carbocycles. The van der Waals surface area contributed by atoms with Crippen LogP contribution >= 0.6 is 11.3 Å². The van der Waals surface area contributed by atoms with Gasteiger partial charge in [0.25, 0.3) is 10.0 Å². The van der Waals surface area contributed by atoms with E-state index in [1.165, 1.54) is 0 Å². The molecule has 1 aromatic heterocycles. The van der Waals surface area contributed by atoms with Crippen LogP contribution in [0.25, 0.3) is 0 Å². The van der Waals surface area contributed by atoms with Crippen molar-refractivity contribution in [3.8, 4) is 5.75 Å². The van der Waals surface area contributed by atoms with Crippen molar-refractivity contribution in [3.05, 3.63) is 10.4 Å². The summed E-state index contributed by atoms with van der Waals surface area (Å²) in [4.78, 5) is 0.861. The Morgan fingerprint density at radius 2 is 1.86 bits per heavy atom. The molecule has 0 spiro atoms. The fourth-order valence-electron chi connectivity index (χ4n) is 1.95. The van der Waals surface area contributed by atoms with Gasteiger partial charge in [0.1, 0.15) is 5.75 Å². The lowest BCUT2D eigenvalue weighted by Gasteiger charge is -2.20. The van der Waals surface area contributed by atoms with Crippen LogP contribution in [0.3, 0.4) is 0 Å². The SMILES string of the molecule is Cc1c(CC(C)C)sc(S(=O)(=O)NC(C)(C)C)c1OB(O)O. The molecule has 0 unspecified atom stereocenters. The summed E-state index contributed by atoms with van der Waals surface area (Å²) in [5.41, 5.74) is -0.0228. The van der Waals surface area contributed by atoms with Gasteiger partial charge in [0.05, 0.1) is 0 Å². The average molecular weight is 349 g/mol. The molecule has 0 amide bonds. The molecule has 3 N–H and O–H groups in total. The average Bonchev–Trinajstić information content (AvgIpc) is 2.53. The smallest absolute Gasteiger partial charge is 0.510 e. The summed E-state index contributed by atoms with van der Waals surface area (Å²) < 4.78 is 32.6. The molecule has 126 valence electrons. The molecule has 0 bridgehead atoms. The van der Waals surface area contributed by atoms with Crippen LogP contribution in [0.15, 0.2) is 4.21 Å². The molecule has 9 heteroatoms. The van der Waals surface area contributed by atoms with Gasteiger partial charge in [-0.1, -0.05) is 13.8 Å². The van der Waals surface area contributed by atoms with Gasteiger partial charge < -0.3 is 14.7 Å². The van der Waals surface area contributed by atoms with Gasteiger partial charge in [-0.05, 0) is 40.0 Å². The highest BCUT2D eigenvalue weighted by Gasteiger charge is 2.32. The number of sulfonamides is 1. The zero-order valence-corrected chi connectivity index (χ0v) is 15.4. The summed E-state index contributed by atoms with van der Waals surface area (Å²) in [7, 11) is -5.88. The van der Waals surface area contributed by atoms with Crippen molar-refractivity contribution >= 4 is 28.7 Å². The van der Waals surface area contributed by atoms with Crippen molar-refractivity contribution in [2.45, 2.75) is 57.7 Å². The summed E-state index contributed by atoms with van der Waals surface area (Å²) >= 11 is 1.11. The fourth-order valence-corrected chi connectivity index (χ4v) is 5.34. The van der Waals surface area contributed by atoms with E-state index in [0.717, 1.165) is 16.2 Å². The van der Waals surface area contributed by atoms with E-state index < -0.39 is 22.9 Å². The predicted molar refractivity (Wildman–Crippen MR) is 88.5 cm³/mol. The van der Waals surface area contributed by atoms with Gasteiger partial charge in [-0.25, -0.2) is 13.1 Å². The van der Waals surface area contributed by atoms with Gasteiger partial charge in [0.15, 0.2) is 4.21 Å². The maximum Gasteiger partial charge on any atom is 0.707 e. The molecule has 22 heavy (non-hydrogen) atoms. The number of nitrogens with one attached hydrogen (secondary N) is 1. The van der Waals surface area contributed by atoms with Crippen molar-refractivity contribution in [2.75, 3.05) is 0 Å². The Bertz CT molecular complexity index is 617. The summed E-state index contributed by atoms with van der Waals surface area (Å²) in [5, 5.41) is 18.1. The molecule has 1 aromatic rings. The summed E-state index contributed by atoms with van der Waals surface area (Å²) in [6.07, 6.45) is 0.694. The Labute approximate surface area is 136 Å². The first-order valence-corrected chi connectivity index (χ1v) is 9.32. The second-order valence-electron chi connectivity index (χ2n) is 6.66. The van der Waals surface area contributed by atoms with Crippen LogP contribution in [0.4, 0.5) is 0 Å². The largest absolute Gasteiger partial charge is 0.707 e. The second kappa shape index (κ2) is 6.88. The van der Waals surface area contributed by atoms with Gasteiger partial charge in [-0.15, -0.1) is 11.3 Å². The lowest BCUT2D eigenvalue weighted by Crippen LogP contribution is -2.40. The molecule has 0 radical (unpaired) electrons. The molecule has 0 aliphatic carbocycles. The van der Waals surface area contributed by atoms with Crippen molar-refractivity contribution in [1.82, 2.24) is 4.72 Å². The van der Waals surface area contributed by atoms with E-state index >= 15 is 0 Å². The second-order valence-corrected chi connectivity index (χ2v) is 9.65. The number of hydrogen-bond acceptors (Lipinski definition) is 6. The summed E-state index contributed by atoms with van der Waals surface area (Å²) in [6, 6.07) is 0. The Kier molecular flexibility index (Phi) is 6.08. The molecule has 1 heterocycles. The third-order valence-corrected chi connectivity index (χ3v) is 6.21. The Morgan fingerprint density at radius 1 is 1.32 bits per heavy atom. The van der Waals surface area contributed by atoms with Crippen LogP contribution in [0, 0.1) is 12.8 Å². The van der Waals surface area contributed by atoms with Crippen LogP contribution in [-0.4, -0.2) is 31.3 Å². The minimum atomic E-state index is -3.81. The van der Waals surface area contributed by atoms with Crippen LogP contribution in [-0.2, 0) is 16.4 Å². The standard InChI is InChI=1S/C13H24BNO5S2/c1-8(2)7-10-9(3)11(20-14(16)17)12(21-10)22(18,19)15-13(4,5)6/h8,15-17H,7H2,1-6H3. The molecular weight excluding hydrogens is 325 g/mol. The van der Waals surface area contributed by atoms with E-state index in [-0.39, 0.29) is 9.96 Å². The van der Waals surface area contributed by atoms with Crippen molar-refractivity contribution < 1.29 is 23.1 Å². The number of rotatable bonds is 6. The third kappa shape index (κ3) is 5.24. The lowest BCUT2D eigenvalue weighted by molar-refractivity contribution is 0.285. The summed E-state index contributed by atoms with van der Waals surface area (Å²) in [5.74, 6) is 0.350. The predicted octanol–water partition coefficient (Wildman–Crippen LogP) is 1.68. The van der Waals surface area contributed by atoms with E-state index in [1.807, 2.05) is 13.8 Å². The molecule has 0 aliphatic heterocycles. The van der Waals surface area contributed by atoms with E-state index in [4.69, 9.17) is 14.7 Å². The van der Waals surface area contributed by atoms with Gasteiger partial charge in [-0.2, -0.15) is 0 Å². The molecule has 0 aliphatic rings. The number of thiophene rings is 1.